The van der Waals surface area contributed by atoms with Crippen molar-refractivity contribution < 1.29 is 9.72 Å². The van der Waals surface area contributed by atoms with E-state index in [0.29, 0.717) is 0 Å². The molecule has 25 heavy (non-hydrogen) atoms. The molecule has 6 nitrogen and oxygen atoms in total. The molecule has 0 bridgehead atoms. The molecular weight excluding hydrogens is 338 g/mol. The van der Waals surface area contributed by atoms with Crippen LogP contribution >= 0.6 is 11.8 Å². The molecule has 130 valence electrons. The van der Waals surface area contributed by atoms with Gasteiger partial charge in [0.15, 0.2) is 0 Å². The van der Waals surface area contributed by atoms with Crippen molar-refractivity contribution in [1.29, 1.82) is 0 Å². The van der Waals surface area contributed by atoms with Crippen LogP contribution < -0.4 is 10.2 Å². The molecule has 0 aromatic heterocycles. The van der Waals surface area contributed by atoms with Crippen LogP contribution in [0.1, 0.15) is 11.1 Å². The van der Waals surface area contributed by atoms with Gasteiger partial charge in [0.05, 0.1) is 17.2 Å². The molecule has 0 aliphatic carbocycles. The summed E-state index contributed by atoms with van der Waals surface area (Å²) in [6.07, 6.45) is 0. The van der Waals surface area contributed by atoms with E-state index in [-0.39, 0.29) is 23.8 Å². The van der Waals surface area contributed by atoms with Crippen molar-refractivity contribution in [1.82, 2.24) is 0 Å². The summed E-state index contributed by atoms with van der Waals surface area (Å²) in [4.78, 5) is 26.5. The molecule has 3 rings (SSSR count). The van der Waals surface area contributed by atoms with E-state index in [0.717, 1.165) is 34.0 Å². The first kappa shape index (κ1) is 17.3. The number of carbonyl (C=O) groups is 1. The highest BCUT2D eigenvalue weighted by Gasteiger charge is 2.22. The summed E-state index contributed by atoms with van der Waals surface area (Å²) in [6, 6.07) is 11.1. The number of hydrogen-bond donors (Lipinski definition) is 1. The lowest BCUT2D eigenvalue weighted by molar-refractivity contribution is -0.384. The number of amides is 1. The number of aryl methyl sites for hydroxylation is 1. The molecule has 0 atom stereocenters. The molecule has 0 spiro atoms. The van der Waals surface area contributed by atoms with Gasteiger partial charge in [-0.2, -0.15) is 0 Å². The van der Waals surface area contributed by atoms with Crippen LogP contribution in [0.25, 0.3) is 0 Å². The fraction of sp³-hybridized carbons (Fsp3) is 0.278. The van der Waals surface area contributed by atoms with E-state index in [1.54, 1.807) is 24.8 Å². The average molecular weight is 357 g/mol. The third-order valence-electron chi connectivity index (χ3n) is 4.33. The van der Waals surface area contributed by atoms with Gasteiger partial charge in [-0.3, -0.25) is 14.9 Å². The number of hydrogen-bond acceptors (Lipinski definition) is 5. The van der Waals surface area contributed by atoms with Crippen molar-refractivity contribution in [3.05, 3.63) is 57.6 Å². The minimum Gasteiger partial charge on any atom is -0.360 e. The Morgan fingerprint density at radius 3 is 2.80 bits per heavy atom. The first-order valence-corrected chi connectivity index (χ1v) is 8.97. The van der Waals surface area contributed by atoms with Gasteiger partial charge < -0.3 is 10.2 Å². The summed E-state index contributed by atoms with van der Waals surface area (Å²) >= 11 is 1.77. The van der Waals surface area contributed by atoms with E-state index >= 15 is 0 Å². The first-order chi connectivity index (χ1) is 12.0. The molecule has 0 saturated carbocycles. The largest absolute Gasteiger partial charge is 0.360 e. The number of carbonyl (C=O) groups excluding carboxylic acids is 1. The molecule has 0 unspecified atom stereocenters. The second-order valence-electron chi connectivity index (χ2n) is 5.94. The van der Waals surface area contributed by atoms with Crippen molar-refractivity contribution in [2.45, 2.75) is 18.7 Å². The summed E-state index contributed by atoms with van der Waals surface area (Å²) in [6.45, 7) is 4.59. The van der Waals surface area contributed by atoms with Gasteiger partial charge in [0.1, 0.15) is 5.69 Å². The van der Waals surface area contributed by atoms with Crippen LogP contribution in [0.15, 0.2) is 41.3 Å². The van der Waals surface area contributed by atoms with Gasteiger partial charge in [-0.15, -0.1) is 11.8 Å². The summed E-state index contributed by atoms with van der Waals surface area (Å²) < 4.78 is 0. The summed E-state index contributed by atoms with van der Waals surface area (Å²) in [5.74, 6) is 0.659. The minimum atomic E-state index is -0.463. The van der Waals surface area contributed by atoms with Crippen molar-refractivity contribution in [2.75, 3.05) is 29.1 Å². The second kappa shape index (κ2) is 7.14. The molecule has 1 aliphatic rings. The number of nitro groups is 1. The number of fused-ring (bicyclic) bond motifs is 1. The van der Waals surface area contributed by atoms with Gasteiger partial charge in [0.2, 0.25) is 5.91 Å². The van der Waals surface area contributed by atoms with Crippen LogP contribution in [0.4, 0.5) is 17.1 Å². The van der Waals surface area contributed by atoms with Crippen LogP contribution in [0.5, 0.6) is 0 Å². The number of rotatable bonds is 4. The maximum absolute atomic E-state index is 12.5. The molecular formula is C18H19N3O3S. The van der Waals surface area contributed by atoms with E-state index in [1.807, 2.05) is 36.1 Å². The minimum absolute atomic E-state index is 0.0777. The van der Waals surface area contributed by atoms with Crippen LogP contribution in [0.2, 0.25) is 0 Å². The standard InChI is InChI=1S/C18H19N3O3S/c1-12-7-8-15(21(23)24)18(13(12)2)19-17(22)11-20-9-10-25-16-6-4-3-5-14(16)20/h3-8H,9-11H2,1-2H3,(H,19,22). The SMILES string of the molecule is Cc1ccc([N+](=O)[O-])c(NC(=O)CN2CCSc3ccccc32)c1C. The molecule has 0 radical (unpaired) electrons. The zero-order valence-corrected chi connectivity index (χ0v) is 14.9. The van der Waals surface area contributed by atoms with Gasteiger partial charge in [-0.05, 0) is 37.1 Å². The van der Waals surface area contributed by atoms with Crippen LogP contribution in [-0.4, -0.2) is 29.7 Å². The summed E-state index contributed by atoms with van der Waals surface area (Å²) in [5.41, 5.74) is 2.86. The first-order valence-electron chi connectivity index (χ1n) is 7.98. The van der Waals surface area contributed by atoms with Crippen molar-refractivity contribution in [3.63, 3.8) is 0 Å². The Kier molecular flexibility index (Phi) is 4.94. The number of nitrogens with one attached hydrogen (secondary N) is 1. The lowest BCUT2D eigenvalue weighted by Gasteiger charge is -2.30. The molecule has 1 amide bonds. The number of nitrogens with zero attached hydrogens (tertiary/aromatic N) is 2. The number of anilines is 2. The Balaban J connectivity index is 1.81. The van der Waals surface area contributed by atoms with E-state index in [2.05, 4.69) is 5.32 Å². The lowest BCUT2D eigenvalue weighted by atomic mass is 10.1. The normalized spacial score (nSPS) is 13.3. The zero-order chi connectivity index (χ0) is 18.0. The van der Waals surface area contributed by atoms with E-state index in [1.165, 1.54) is 6.07 Å². The molecule has 2 aromatic rings. The Hall–Kier alpha value is -2.54. The Morgan fingerprint density at radius 1 is 1.28 bits per heavy atom. The Bertz CT molecular complexity index is 838. The van der Waals surface area contributed by atoms with Crippen LogP contribution in [0.3, 0.4) is 0 Å². The monoisotopic (exact) mass is 357 g/mol. The maximum atomic E-state index is 12.5. The molecule has 1 heterocycles. The highest BCUT2D eigenvalue weighted by molar-refractivity contribution is 7.99. The van der Waals surface area contributed by atoms with Crippen molar-refractivity contribution in [3.8, 4) is 0 Å². The van der Waals surface area contributed by atoms with Crippen LogP contribution in [0, 0.1) is 24.0 Å². The van der Waals surface area contributed by atoms with Gasteiger partial charge in [0, 0.05) is 23.3 Å². The van der Waals surface area contributed by atoms with Gasteiger partial charge in [-0.1, -0.05) is 18.2 Å². The van der Waals surface area contributed by atoms with Gasteiger partial charge >= 0.3 is 0 Å². The predicted molar refractivity (Wildman–Crippen MR) is 101 cm³/mol. The highest BCUT2D eigenvalue weighted by Crippen LogP contribution is 2.34. The number of thioether (sulfide) groups is 1. The summed E-state index contributed by atoms with van der Waals surface area (Å²) in [5, 5.41) is 14.0. The predicted octanol–water partition coefficient (Wildman–Crippen LogP) is 3.76. The molecule has 7 heteroatoms. The molecule has 2 aromatic carbocycles. The number of para-hydroxylation sites is 1. The molecule has 1 aliphatic heterocycles. The maximum Gasteiger partial charge on any atom is 0.293 e. The average Bonchev–Trinajstić information content (AvgIpc) is 2.59. The quantitative estimate of drug-likeness (QED) is 0.666. The smallest absolute Gasteiger partial charge is 0.293 e. The summed E-state index contributed by atoms with van der Waals surface area (Å²) in [7, 11) is 0. The van der Waals surface area contributed by atoms with Gasteiger partial charge in [-0.25, -0.2) is 0 Å². The number of nitro benzene ring substituents is 1. The van der Waals surface area contributed by atoms with Crippen molar-refractivity contribution >= 4 is 34.7 Å². The van der Waals surface area contributed by atoms with E-state index in [9.17, 15) is 14.9 Å². The third-order valence-corrected chi connectivity index (χ3v) is 5.38. The molecule has 1 N–H and O–H groups in total. The lowest BCUT2D eigenvalue weighted by Crippen LogP contribution is -2.37. The topological polar surface area (TPSA) is 75.5 Å². The molecule has 0 fully saturated rings. The van der Waals surface area contributed by atoms with E-state index in [4.69, 9.17) is 0 Å². The Morgan fingerprint density at radius 2 is 2.04 bits per heavy atom. The molecule has 0 saturated heterocycles. The highest BCUT2D eigenvalue weighted by atomic mass is 32.2. The third kappa shape index (κ3) is 3.61. The fourth-order valence-corrected chi connectivity index (χ4v) is 3.91. The fourth-order valence-electron chi connectivity index (χ4n) is 2.85. The van der Waals surface area contributed by atoms with Crippen molar-refractivity contribution in [2.24, 2.45) is 0 Å². The van der Waals surface area contributed by atoms with E-state index < -0.39 is 4.92 Å². The van der Waals surface area contributed by atoms with Crippen LogP contribution in [-0.2, 0) is 4.79 Å². The Labute approximate surface area is 150 Å². The zero-order valence-electron chi connectivity index (χ0n) is 14.1. The second-order valence-corrected chi connectivity index (χ2v) is 7.08. The van der Waals surface area contributed by atoms with Gasteiger partial charge in [0.25, 0.3) is 5.69 Å². The number of benzene rings is 2.